The normalized spacial score (nSPS) is 11.1. The molecule has 0 unspecified atom stereocenters. The number of nitrogens with zero attached hydrogens (tertiary/aromatic N) is 1. The Hall–Kier alpha value is -6.06. The predicted octanol–water partition coefficient (Wildman–Crippen LogP) is 14.9. The first-order valence-electron chi connectivity index (χ1n) is 18.7. The Morgan fingerprint density at radius 2 is 0.630 bits per heavy atom. The molecule has 54 heavy (non-hydrogen) atoms. The molecule has 0 saturated carbocycles. The van der Waals surface area contributed by atoms with Crippen molar-refractivity contribution in [3.8, 4) is 45.3 Å². The minimum Gasteiger partial charge on any atom is -0.457 e. The number of ether oxygens (including phenoxy) is 2. The van der Waals surface area contributed by atoms with Gasteiger partial charge in [0.05, 0.1) is 11.4 Å². The molecule has 270 valence electrons. The van der Waals surface area contributed by atoms with E-state index in [0.717, 1.165) is 51.2 Å². The molecule has 7 aromatic carbocycles. The second kappa shape index (κ2) is 15.1. The smallest absolute Gasteiger partial charge is 0.130 e. The quantitative estimate of drug-likeness (QED) is 0.149. The summed E-state index contributed by atoms with van der Waals surface area (Å²) in [6.07, 6.45) is 0. The SMILES string of the molecule is Cc1ccc(Oc2cc(-c3c(C)cc(C)cc3C)cc(N(c3ccc(C)cc3)c3cc(Oc4ccc(C)cc4)cc(-c4c(C)cc(C)cc4C)c3)c2)cc1. The van der Waals surface area contributed by atoms with Crippen LogP contribution in [-0.2, 0) is 0 Å². The fraction of sp³-hybridized carbons (Fsp3) is 0.176. The van der Waals surface area contributed by atoms with E-state index >= 15 is 0 Å². The number of anilines is 3. The average molecular weight is 708 g/mol. The van der Waals surface area contributed by atoms with Gasteiger partial charge in [-0.3, -0.25) is 0 Å². The van der Waals surface area contributed by atoms with Gasteiger partial charge in [-0.05, 0) is 167 Å². The van der Waals surface area contributed by atoms with Crippen LogP contribution in [0.25, 0.3) is 22.3 Å². The van der Waals surface area contributed by atoms with Gasteiger partial charge in [0, 0.05) is 17.8 Å². The Morgan fingerprint density at radius 3 is 0.981 bits per heavy atom. The Morgan fingerprint density at radius 1 is 0.296 bits per heavy atom. The van der Waals surface area contributed by atoms with Crippen molar-refractivity contribution in [1.29, 1.82) is 0 Å². The van der Waals surface area contributed by atoms with Crippen molar-refractivity contribution in [2.24, 2.45) is 0 Å². The number of benzene rings is 7. The molecule has 0 aromatic heterocycles. The number of aryl methyl sites for hydroxylation is 9. The van der Waals surface area contributed by atoms with E-state index in [1.54, 1.807) is 0 Å². The molecule has 3 heteroatoms. The zero-order chi connectivity index (χ0) is 38.1. The first kappa shape index (κ1) is 36.3. The molecule has 7 aromatic rings. The van der Waals surface area contributed by atoms with E-state index in [0.29, 0.717) is 0 Å². The molecule has 0 aliphatic heterocycles. The fourth-order valence-corrected chi connectivity index (χ4v) is 7.73. The second-order valence-electron chi connectivity index (χ2n) is 15.0. The van der Waals surface area contributed by atoms with Crippen LogP contribution in [0.4, 0.5) is 17.1 Å². The summed E-state index contributed by atoms with van der Waals surface area (Å²) < 4.78 is 13.4. The minimum atomic E-state index is 0.764. The molecule has 0 N–H and O–H groups in total. The highest BCUT2D eigenvalue weighted by Gasteiger charge is 2.20. The van der Waals surface area contributed by atoms with Crippen LogP contribution in [0.5, 0.6) is 23.0 Å². The van der Waals surface area contributed by atoms with Crippen LogP contribution in [0.15, 0.2) is 133 Å². The lowest BCUT2D eigenvalue weighted by atomic mass is 9.92. The monoisotopic (exact) mass is 707 g/mol. The second-order valence-corrected chi connectivity index (χ2v) is 15.0. The first-order chi connectivity index (χ1) is 25.9. The third-order valence-electron chi connectivity index (χ3n) is 10.0. The van der Waals surface area contributed by atoms with E-state index in [1.165, 1.54) is 61.2 Å². The fourth-order valence-electron chi connectivity index (χ4n) is 7.73. The summed E-state index contributed by atoms with van der Waals surface area (Å²) >= 11 is 0. The van der Waals surface area contributed by atoms with Gasteiger partial charge in [-0.2, -0.15) is 0 Å². The van der Waals surface area contributed by atoms with Gasteiger partial charge in [0.1, 0.15) is 23.0 Å². The third-order valence-corrected chi connectivity index (χ3v) is 10.0. The third kappa shape index (κ3) is 7.96. The van der Waals surface area contributed by atoms with Crippen molar-refractivity contribution in [2.45, 2.75) is 62.3 Å². The maximum atomic E-state index is 6.68. The highest BCUT2D eigenvalue weighted by Crippen LogP contribution is 2.45. The maximum Gasteiger partial charge on any atom is 0.130 e. The van der Waals surface area contributed by atoms with Gasteiger partial charge in [0.25, 0.3) is 0 Å². The zero-order valence-corrected chi connectivity index (χ0v) is 33.0. The molecule has 3 nitrogen and oxygen atoms in total. The molecule has 0 fully saturated rings. The average Bonchev–Trinajstić information content (AvgIpc) is 3.10. The topological polar surface area (TPSA) is 21.7 Å². The molecule has 0 atom stereocenters. The summed E-state index contributed by atoms with van der Waals surface area (Å²) in [5.74, 6) is 3.12. The van der Waals surface area contributed by atoms with Crippen LogP contribution in [0.2, 0.25) is 0 Å². The van der Waals surface area contributed by atoms with Crippen LogP contribution >= 0.6 is 0 Å². The zero-order valence-electron chi connectivity index (χ0n) is 33.0. The van der Waals surface area contributed by atoms with Gasteiger partial charge in [-0.25, -0.2) is 0 Å². The van der Waals surface area contributed by atoms with Gasteiger partial charge >= 0.3 is 0 Å². The predicted molar refractivity (Wildman–Crippen MR) is 228 cm³/mol. The van der Waals surface area contributed by atoms with E-state index in [9.17, 15) is 0 Å². The molecule has 0 amide bonds. The highest BCUT2D eigenvalue weighted by atomic mass is 16.5. The Labute approximate surface area is 321 Å². The van der Waals surface area contributed by atoms with Crippen molar-refractivity contribution < 1.29 is 9.47 Å². The first-order valence-corrected chi connectivity index (χ1v) is 18.7. The molecular weight excluding hydrogens is 659 g/mol. The van der Waals surface area contributed by atoms with E-state index in [4.69, 9.17) is 9.47 Å². The summed E-state index contributed by atoms with van der Waals surface area (Å²) in [7, 11) is 0. The summed E-state index contributed by atoms with van der Waals surface area (Å²) in [4.78, 5) is 2.33. The van der Waals surface area contributed by atoms with Crippen molar-refractivity contribution in [2.75, 3.05) is 4.90 Å². The summed E-state index contributed by atoms with van der Waals surface area (Å²) in [6, 6.07) is 47.5. The van der Waals surface area contributed by atoms with Gasteiger partial charge in [-0.1, -0.05) is 88.5 Å². The van der Waals surface area contributed by atoms with Gasteiger partial charge in [-0.15, -0.1) is 0 Å². The van der Waals surface area contributed by atoms with Crippen molar-refractivity contribution in [3.63, 3.8) is 0 Å². The molecule has 0 spiro atoms. The lowest BCUT2D eigenvalue weighted by Crippen LogP contribution is -2.11. The summed E-state index contributed by atoms with van der Waals surface area (Å²) in [5, 5.41) is 0. The molecule has 0 heterocycles. The minimum absolute atomic E-state index is 0.764. The van der Waals surface area contributed by atoms with E-state index < -0.39 is 0 Å². The van der Waals surface area contributed by atoms with Crippen molar-refractivity contribution >= 4 is 17.1 Å². The molecular formula is C51H49NO2. The number of hydrogen-bond donors (Lipinski definition) is 0. The van der Waals surface area contributed by atoms with Crippen LogP contribution in [0.3, 0.4) is 0 Å². The van der Waals surface area contributed by atoms with Crippen molar-refractivity contribution in [1.82, 2.24) is 0 Å². The van der Waals surface area contributed by atoms with E-state index in [1.807, 2.05) is 24.3 Å². The standard InChI is InChI=1S/C51H49NO2/c1-32-10-16-43(17-11-32)52(44-26-41(50-37(6)22-35(4)23-38(50)7)28-48(30-44)53-46-18-12-33(2)13-19-46)45-27-42(51-39(8)24-36(5)25-40(51)9)29-49(31-45)54-47-20-14-34(3)15-21-47/h10-31H,1-9H3. The number of rotatable bonds is 9. The molecule has 0 bridgehead atoms. The maximum absolute atomic E-state index is 6.68. The number of hydrogen-bond acceptors (Lipinski definition) is 3. The van der Waals surface area contributed by atoms with Crippen LogP contribution in [0.1, 0.15) is 50.1 Å². The highest BCUT2D eigenvalue weighted by molar-refractivity contribution is 5.86. The Balaban J connectivity index is 1.49. The Bertz CT molecular complexity index is 2260. The van der Waals surface area contributed by atoms with Crippen LogP contribution < -0.4 is 14.4 Å². The summed E-state index contributed by atoms with van der Waals surface area (Å²) in [6.45, 7) is 19.4. The molecule has 0 aliphatic carbocycles. The molecule has 0 aliphatic rings. The molecule has 0 saturated heterocycles. The van der Waals surface area contributed by atoms with Crippen molar-refractivity contribution in [3.05, 3.63) is 184 Å². The van der Waals surface area contributed by atoms with Crippen LogP contribution in [-0.4, -0.2) is 0 Å². The van der Waals surface area contributed by atoms with Crippen LogP contribution in [0, 0.1) is 62.3 Å². The van der Waals surface area contributed by atoms with Gasteiger partial charge < -0.3 is 14.4 Å². The lowest BCUT2D eigenvalue weighted by molar-refractivity contribution is 0.483. The van der Waals surface area contributed by atoms with E-state index in [2.05, 4.69) is 176 Å². The molecule has 0 radical (unpaired) electrons. The van der Waals surface area contributed by atoms with Gasteiger partial charge in [0.2, 0.25) is 0 Å². The summed E-state index contributed by atoms with van der Waals surface area (Å²) in [5.41, 5.74) is 18.6. The lowest BCUT2D eigenvalue weighted by Gasteiger charge is -2.28. The van der Waals surface area contributed by atoms with E-state index in [-0.39, 0.29) is 0 Å². The largest absolute Gasteiger partial charge is 0.457 e. The van der Waals surface area contributed by atoms with Gasteiger partial charge in [0.15, 0.2) is 0 Å². The molecule has 7 rings (SSSR count). The Kier molecular flexibility index (Phi) is 10.2.